The van der Waals surface area contributed by atoms with Gasteiger partial charge in [0.2, 0.25) is 0 Å². The van der Waals surface area contributed by atoms with Crippen LogP contribution >= 0.6 is 0 Å². The summed E-state index contributed by atoms with van der Waals surface area (Å²) in [7, 11) is 0. The predicted octanol–water partition coefficient (Wildman–Crippen LogP) is 2.80. The number of rotatable bonds is 4. The van der Waals surface area contributed by atoms with Crippen LogP contribution in [-0.4, -0.2) is 13.2 Å². The maximum Gasteiger partial charge on any atom is 0.122 e. The molecule has 1 aliphatic heterocycles. The SMILES string of the molecule is CCCCOc1ccc2c(c1)CCO2. The Kier molecular flexibility index (Phi) is 2.92. The molecule has 0 spiro atoms. The summed E-state index contributed by atoms with van der Waals surface area (Å²) in [5.74, 6) is 2.00. The molecule has 0 saturated heterocycles. The third-order valence-electron chi connectivity index (χ3n) is 2.43. The summed E-state index contributed by atoms with van der Waals surface area (Å²) in [6, 6.07) is 6.08. The first-order valence-electron chi connectivity index (χ1n) is 5.28. The Balaban J connectivity index is 1.98. The van der Waals surface area contributed by atoms with E-state index < -0.39 is 0 Å². The van der Waals surface area contributed by atoms with Gasteiger partial charge in [0, 0.05) is 12.0 Å². The summed E-state index contributed by atoms with van der Waals surface area (Å²) in [5.41, 5.74) is 1.28. The number of benzene rings is 1. The molecule has 0 unspecified atom stereocenters. The maximum atomic E-state index is 5.62. The Morgan fingerprint density at radius 2 is 2.36 bits per heavy atom. The van der Waals surface area contributed by atoms with E-state index in [0.29, 0.717) is 0 Å². The van der Waals surface area contributed by atoms with E-state index in [0.717, 1.165) is 37.6 Å². The number of hydrogen-bond acceptors (Lipinski definition) is 2. The van der Waals surface area contributed by atoms with Gasteiger partial charge in [0.1, 0.15) is 11.5 Å². The second kappa shape index (κ2) is 4.36. The number of hydrogen-bond donors (Lipinski definition) is 0. The van der Waals surface area contributed by atoms with Crippen molar-refractivity contribution in [2.24, 2.45) is 0 Å². The average Bonchev–Trinajstić information content (AvgIpc) is 2.65. The van der Waals surface area contributed by atoms with Crippen LogP contribution in [0.2, 0.25) is 0 Å². The lowest BCUT2D eigenvalue weighted by Gasteiger charge is -2.06. The van der Waals surface area contributed by atoms with Crippen molar-refractivity contribution in [1.29, 1.82) is 0 Å². The second-order valence-corrected chi connectivity index (χ2v) is 3.57. The molecule has 0 fully saturated rings. The van der Waals surface area contributed by atoms with Crippen molar-refractivity contribution in [3.05, 3.63) is 23.8 Å². The van der Waals surface area contributed by atoms with Gasteiger partial charge in [-0.2, -0.15) is 0 Å². The van der Waals surface area contributed by atoms with Crippen LogP contribution in [0.3, 0.4) is 0 Å². The van der Waals surface area contributed by atoms with Gasteiger partial charge in [-0.25, -0.2) is 0 Å². The molecule has 0 radical (unpaired) electrons. The topological polar surface area (TPSA) is 18.5 Å². The molecule has 1 aromatic rings. The summed E-state index contributed by atoms with van der Waals surface area (Å²) in [4.78, 5) is 0. The molecule has 0 aliphatic carbocycles. The van der Waals surface area contributed by atoms with E-state index >= 15 is 0 Å². The summed E-state index contributed by atoms with van der Waals surface area (Å²) in [6.45, 7) is 3.80. The molecule has 1 aliphatic rings. The van der Waals surface area contributed by atoms with Crippen LogP contribution in [0.1, 0.15) is 25.3 Å². The van der Waals surface area contributed by atoms with Crippen LogP contribution < -0.4 is 9.47 Å². The van der Waals surface area contributed by atoms with Gasteiger partial charge in [0.25, 0.3) is 0 Å². The highest BCUT2D eigenvalue weighted by Gasteiger charge is 2.11. The van der Waals surface area contributed by atoms with Gasteiger partial charge in [-0.05, 0) is 24.6 Å². The van der Waals surface area contributed by atoms with Crippen molar-refractivity contribution >= 4 is 0 Å². The fraction of sp³-hybridized carbons (Fsp3) is 0.500. The summed E-state index contributed by atoms with van der Waals surface area (Å²) in [6.07, 6.45) is 3.31. The second-order valence-electron chi connectivity index (χ2n) is 3.57. The normalized spacial score (nSPS) is 13.5. The molecule has 0 amide bonds. The zero-order valence-electron chi connectivity index (χ0n) is 8.58. The third kappa shape index (κ3) is 2.00. The molecule has 2 heteroatoms. The monoisotopic (exact) mass is 192 g/mol. The van der Waals surface area contributed by atoms with Crippen LogP contribution in [0.25, 0.3) is 0 Å². The van der Waals surface area contributed by atoms with Gasteiger partial charge >= 0.3 is 0 Å². The van der Waals surface area contributed by atoms with E-state index in [1.807, 2.05) is 12.1 Å². The lowest BCUT2D eigenvalue weighted by Crippen LogP contribution is -1.96. The minimum atomic E-state index is 0.813. The minimum absolute atomic E-state index is 0.813. The fourth-order valence-corrected chi connectivity index (χ4v) is 1.59. The van der Waals surface area contributed by atoms with E-state index in [1.54, 1.807) is 0 Å². The molecule has 0 bridgehead atoms. The molecule has 1 aromatic carbocycles. The lowest BCUT2D eigenvalue weighted by atomic mass is 10.1. The van der Waals surface area contributed by atoms with Gasteiger partial charge in [0.15, 0.2) is 0 Å². The molecule has 2 nitrogen and oxygen atoms in total. The Morgan fingerprint density at radius 1 is 1.43 bits per heavy atom. The van der Waals surface area contributed by atoms with Crippen molar-refractivity contribution in [3.63, 3.8) is 0 Å². The zero-order valence-corrected chi connectivity index (χ0v) is 8.58. The van der Waals surface area contributed by atoms with Crippen LogP contribution in [0.5, 0.6) is 11.5 Å². The van der Waals surface area contributed by atoms with Crippen molar-refractivity contribution in [2.75, 3.05) is 13.2 Å². The van der Waals surface area contributed by atoms with E-state index in [2.05, 4.69) is 13.0 Å². The molecular formula is C12H16O2. The average molecular weight is 192 g/mol. The Labute approximate surface area is 84.8 Å². The van der Waals surface area contributed by atoms with E-state index in [9.17, 15) is 0 Å². The first-order valence-corrected chi connectivity index (χ1v) is 5.28. The van der Waals surface area contributed by atoms with Crippen molar-refractivity contribution in [2.45, 2.75) is 26.2 Å². The van der Waals surface area contributed by atoms with Crippen molar-refractivity contribution < 1.29 is 9.47 Å². The quantitative estimate of drug-likeness (QED) is 0.683. The van der Waals surface area contributed by atoms with Crippen LogP contribution in [0.4, 0.5) is 0 Å². The van der Waals surface area contributed by atoms with Crippen molar-refractivity contribution in [3.8, 4) is 11.5 Å². The summed E-state index contributed by atoms with van der Waals surface area (Å²) >= 11 is 0. The first kappa shape index (κ1) is 9.38. The summed E-state index contributed by atoms with van der Waals surface area (Å²) < 4.78 is 11.0. The molecular weight excluding hydrogens is 176 g/mol. The van der Waals surface area contributed by atoms with E-state index in [4.69, 9.17) is 9.47 Å². The third-order valence-corrected chi connectivity index (χ3v) is 2.43. The van der Waals surface area contributed by atoms with E-state index in [-0.39, 0.29) is 0 Å². The van der Waals surface area contributed by atoms with Gasteiger partial charge in [-0.15, -0.1) is 0 Å². The highest BCUT2D eigenvalue weighted by Crippen LogP contribution is 2.28. The smallest absolute Gasteiger partial charge is 0.122 e. The summed E-state index contributed by atoms with van der Waals surface area (Å²) in [5, 5.41) is 0. The Morgan fingerprint density at radius 3 is 3.21 bits per heavy atom. The molecule has 14 heavy (non-hydrogen) atoms. The standard InChI is InChI=1S/C12H16O2/c1-2-3-7-13-11-4-5-12-10(9-11)6-8-14-12/h4-5,9H,2-3,6-8H2,1H3. The highest BCUT2D eigenvalue weighted by molar-refractivity contribution is 5.42. The van der Waals surface area contributed by atoms with Gasteiger partial charge in [0.05, 0.1) is 13.2 Å². The van der Waals surface area contributed by atoms with Gasteiger partial charge < -0.3 is 9.47 Å². The number of fused-ring (bicyclic) bond motifs is 1. The van der Waals surface area contributed by atoms with Gasteiger partial charge in [-0.3, -0.25) is 0 Å². The molecule has 1 heterocycles. The zero-order chi connectivity index (χ0) is 9.80. The molecule has 0 saturated carbocycles. The Hall–Kier alpha value is -1.18. The van der Waals surface area contributed by atoms with Crippen molar-refractivity contribution in [1.82, 2.24) is 0 Å². The molecule has 76 valence electrons. The maximum absolute atomic E-state index is 5.62. The Bertz CT molecular complexity index is 307. The van der Waals surface area contributed by atoms with Crippen LogP contribution in [-0.2, 0) is 6.42 Å². The van der Waals surface area contributed by atoms with Crippen LogP contribution in [0.15, 0.2) is 18.2 Å². The van der Waals surface area contributed by atoms with Gasteiger partial charge in [-0.1, -0.05) is 13.3 Å². The molecule has 2 rings (SSSR count). The highest BCUT2D eigenvalue weighted by atomic mass is 16.5. The fourth-order valence-electron chi connectivity index (χ4n) is 1.59. The molecule has 0 N–H and O–H groups in total. The first-order chi connectivity index (χ1) is 6.90. The molecule has 0 atom stereocenters. The minimum Gasteiger partial charge on any atom is -0.494 e. The molecule has 0 aromatic heterocycles. The predicted molar refractivity (Wildman–Crippen MR) is 56.0 cm³/mol. The largest absolute Gasteiger partial charge is 0.494 e. The van der Waals surface area contributed by atoms with E-state index in [1.165, 1.54) is 12.0 Å². The number of ether oxygens (including phenoxy) is 2. The number of unbranched alkanes of at least 4 members (excludes halogenated alkanes) is 1. The lowest BCUT2D eigenvalue weighted by molar-refractivity contribution is 0.309. The van der Waals surface area contributed by atoms with Crippen LogP contribution in [0, 0.1) is 0 Å².